The molecule has 2 N–H and O–H groups in total. The van der Waals surface area contributed by atoms with Crippen LogP contribution in [0.15, 0.2) is 54.6 Å². The number of hydrogen-bond donors (Lipinski definition) is 2. The van der Waals surface area contributed by atoms with E-state index in [1.807, 2.05) is 30.3 Å². The van der Waals surface area contributed by atoms with Crippen LogP contribution in [0.4, 0.5) is 16.2 Å². The lowest BCUT2D eigenvalue weighted by atomic mass is 10.2. The molecular formula is C15H14N2O3. The fourth-order valence-electron chi connectivity index (χ4n) is 1.60. The van der Waals surface area contributed by atoms with E-state index in [9.17, 15) is 9.59 Å². The van der Waals surface area contributed by atoms with Crippen LogP contribution in [0.2, 0.25) is 0 Å². The molecule has 0 aliphatic carbocycles. The van der Waals surface area contributed by atoms with E-state index in [1.54, 1.807) is 24.3 Å². The molecule has 0 radical (unpaired) electrons. The molecule has 0 saturated heterocycles. The summed E-state index contributed by atoms with van der Waals surface area (Å²) in [7, 11) is 1.29. The van der Waals surface area contributed by atoms with E-state index in [2.05, 4.69) is 15.4 Å². The molecule has 0 atom stereocenters. The molecule has 20 heavy (non-hydrogen) atoms. The number of carbonyl (C=O) groups is 2. The van der Waals surface area contributed by atoms with Crippen LogP contribution in [0.1, 0.15) is 10.4 Å². The number of hydrogen-bond acceptors (Lipinski definition) is 3. The third-order valence-electron chi connectivity index (χ3n) is 2.61. The van der Waals surface area contributed by atoms with Gasteiger partial charge in [-0.3, -0.25) is 10.1 Å². The van der Waals surface area contributed by atoms with Crippen molar-refractivity contribution < 1.29 is 14.3 Å². The second-order valence-electron chi connectivity index (χ2n) is 4.01. The standard InChI is InChI=1S/C15H14N2O3/c1-20-15(19)17-13-9-7-11(8-10-13)14(18)16-12-5-3-2-4-6-12/h2-10H,1H3,(H,16,18)(H,17,19). The molecule has 0 spiro atoms. The summed E-state index contributed by atoms with van der Waals surface area (Å²) in [4.78, 5) is 23.0. The molecule has 0 aliphatic heterocycles. The predicted octanol–water partition coefficient (Wildman–Crippen LogP) is 3.12. The highest BCUT2D eigenvalue weighted by Gasteiger charge is 2.06. The number of rotatable bonds is 3. The maximum atomic E-state index is 12.0. The lowest BCUT2D eigenvalue weighted by Gasteiger charge is -2.06. The van der Waals surface area contributed by atoms with Gasteiger partial charge >= 0.3 is 6.09 Å². The third kappa shape index (κ3) is 3.58. The first-order valence-corrected chi connectivity index (χ1v) is 6.00. The number of methoxy groups -OCH3 is 1. The molecule has 0 aliphatic rings. The predicted molar refractivity (Wildman–Crippen MR) is 76.9 cm³/mol. The Kier molecular flexibility index (Phi) is 4.34. The van der Waals surface area contributed by atoms with Gasteiger partial charge in [0.25, 0.3) is 5.91 Å². The first-order chi connectivity index (χ1) is 9.69. The lowest BCUT2D eigenvalue weighted by Crippen LogP contribution is -2.13. The number of anilines is 2. The van der Waals surface area contributed by atoms with E-state index in [1.165, 1.54) is 7.11 Å². The van der Waals surface area contributed by atoms with Crippen LogP contribution < -0.4 is 10.6 Å². The largest absolute Gasteiger partial charge is 0.453 e. The van der Waals surface area contributed by atoms with Gasteiger partial charge in [0.05, 0.1) is 7.11 Å². The summed E-state index contributed by atoms with van der Waals surface area (Å²) < 4.78 is 4.48. The fourth-order valence-corrected chi connectivity index (χ4v) is 1.60. The first-order valence-electron chi connectivity index (χ1n) is 6.00. The average molecular weight is 270 g/mol. The van der Waals surface area contributed by atoms with Gasteiger partial charge in [0.2, 0.25) is 0 Å². The maximum absolute atomic E-state index is 12.0. The zero-order valence-electron chi connectivity index (χ0n) is 10.9. The van der Waals surface area contributed by atoms with Crippen molar-refractivity contribution in [1.82, 2.24) is 0 Å². The zero-order chi connectivity index (χ0) is 14.4. The molecule has 0 saturated carbocycles. The van der Waals surface area contributed by atoms with Gasteiger partial charge in [-0.05, 0) is 36.4 Å². The molecule has 2 rings (SSSR count). The van der Waals surface area contributed by atoms with E-state index in [0.717, 1.165) is 5.69 Å². The molecule has 2 aromatic carbocycles. The second kappa shape index (κ2) is 6.38. The quantitative estimate of drug-likeness (QED) is 0.900. The highest BCUT2D eigenvalue weighted by Crippen LogP contribution is 2.12. The Morgan fingerprint density at radius 2 is 1.45 bits per heavy atom. The highest BCUT2D eigenvalue weighted by molar-refractivity contribution is 6.04. The Labute approximate surface area is 116 Å². The Morgan fingerprint density at radius 1 is 0.850 bits per heavy atom. The minimum absolute atomic E-state index is 0.208. The molecule has 2 aromatic rings. The van der Waals surface area contributed by atoms with Crippen LogP contribution >= 0.6 is 0 Å². The van der Waals surface area contributed by atoms with E-state index >= 15 is 0 Å². The van der Waals surface area contributed by atoms with E-state index in [-0.39, 0.29) is 5.91 Å². The second-order valence-corrected chi connectivity index (χ2v) is 4.01. The Balaban J connectivity index is 2.02. The van der Waals surface area contributed by atoms with Gasteiger partial charge in [0, 0.05) is 16.9 Å². The SMILES string of the molecule is COC(=O)Nc1ccc(C(=O)Nc2ccccc2)cc1. The van der Waals surface area contributed by atoms with Crippen LogP contribution in [-0.4, -0.2) is 19.1 Å². The minimum atomic E-state index is -0.550. The number of nitrogens with one attached hydrogen (secondary N) is 2. The normalized spacial score (nSPS) is 9.65. The summed E-state index contributed by atoms with van der Waals surface area (Å²) in [6.07, 6.45) is -0.550. The smallest absolute Gasteiger partial charge is 0.411 e. The van der Waals surface area contributed by atoms with Gasteiger partial charge in [-0.1, -0.05) is 18.2 Å². The minimum Gasteiger partial charge on any atom is -0.453 e. The van der Waals surface area contributed by atoms with Crippen molar-refractivity contribution in [3.8, 4) is 0 Å². The van der Waals surface area contributed by atoms with Crippen molar-refractivity contribution >= 4 is 23.4 Å². The summed E-state index contributed by atoms with van der Waals surface area (Å²) in [6, 6.07) is 15.7. The summed E-state index contributed by atoms with van der Waals surface area (Å²) in [5.74, 6) is -0.208. The maximum Gasteiger partial charge on any atom is 0.411 e. The van der Waals surface area contributed by atoms with Crippen LogP contribution in [0.5, 0.6) is 0 Å². The average Bonchev–Trinajstić information content (AvgIpc) is 2.49. The van der Waals surface area contributed by atoms with Crippen molar-refractivity contribution in [2.75, 3.05) is 17.7 Å². The number of carbonyl (C=O) groups excluding carboxylic acids is 2. The van der Waals surface area contributed by atoms with Crippen LogP contribution in [0.3, 0.4) is 0 Å². The molecule has 0 bridgehead atoms. The lowest BCUT2D eigenvalue weighted by molar-refractivity contribution is 0.102. The molecule has 5 heteroatoms. The summed E-state index contributed by atoms with van der Waals surface area (Å²) >= 11 is 0. The van der Waals surface area contributed by atoms with Gasteiger partial charge in [0.15, 0.2) is 0 Å². The topological polar surface area (TPSA) is 67.4 Å². The van der Waals surface area contributed by atoms with Gasteiger partial charge < -0.3 is 10.1 Å². The molecule has 0 fully saturated rings. The Bertz CT molecular complexity index is 594. The van der Waals surface area contributed by atoms with Gasteiger partial charge in [-0.15, -0.1) is 0 Å². The number of para-hydroxylation sites is 1. The van der Waals surface area contributed by atoms with Gasteiger partial charge in [-0.25, -0.2) is 4.79 Å². The molecular weight excluding hydrogens is 256 g/mol. The third-order valence-corrected chi connectivity index (χ3v) is 2.61. The Morgan fingerprint density at radius 3 is 2.05 bits per heavy atom. The van der Waals surface area contributed by atoms with Crippen molar-refractivity contribution in [2.45, 2.75) is 0 Å². The molecule has 0 heterocycles. The summed E-state index contributed by atoms with van der Waals surface area (Å²) in [6.45, 7) is 0. The van der Waals surface area contributed by atoms with Crippen LogP contribution in [-0.2, 0) is 4.74 Å². The van der Waals surface area contributed by atoms with Gasteiger partial charge in [0.1, 0.15) is 0 Å². The van der Waals surface area contributed by atoms with E-state index in [4.69, 9.17) is 0 Å². The highest BCUT2D eigenvalue weighted by atomic mass is 16.5. The number of amides is 2. The summed E-state index contributed by atoms with van der Waals surface area (Å²) in [5, 5.41) is 5.29. The number of benzene rings is 2. The van der Waals surface area contributed by atoms with Crippen molar-refractivity contribution in [2.24, 2.45) is 0 Å². The summed E-state index contributed by atoms with van der Waals surface area (Å²) in [5.41, 5.74) is 1.80. The molecule has 2 amide bonds. The van der Waals surface area contributed by atoms with Crippen LogP contribution in [0.25, 0.3) is 0 Å². The number of ether oxygens (including phenoxy) is 1. The van der Waals surface area contributed by atoms with Gasteiger partial charge in [-0.2, -0.15) is 0 Å². The Hall–Kier alpha value is -2.82. The zero-order valence-corrected chi connectivity index (χ0v) is 10.9. The van der Waals surface area contributed by atoms with E-state index in [0.29, 0.717) is 11.3 Å². The fraction of sp³-hybridized carbons (Fsp3) is 0.0667. The van der Waals surface area contributed by atoms with Crippen molar-refractivity contribution in [3.63, 3.8) is 0 Å². The van der Waals surface area contributed by atoms with Crippen molar-refractivity contribution in [3.05, 3.63) is 60.2 Å². The monoisotopic (exact) mass is 270 g/mol. The first kappa shape index (κ1) is 13.6. The van der Waals surface area contributed by atoms with Crippen molar-refractivity contribution in [1.29, 1.82) is 0 Å². The molecule has 5 nitrogen and oxygen atoms in total. The van der Waals surface area contributed by atoms with Crippen LogP contribution in [0, 0.1) is 0 Å². The van der Waals surface area contributed by atoms with E-state index < -0.39 is 6.09 Å². The molecule has 0 aromatic heterocycles. The molecule has 102 valence electrons. The molecule has 0 unspecified atom stereocenters.